The number of ether oxygens (including phenoxy) is 1. The molecule has 5 nitrogen and oxygen atoms in total. The Balaban J connectivity index is 2.14. The average Bonchev–Trinajstić information content (AvgIpc) is 2.40. The molecule has 100 valence electrons. The Hall–Kier alpha value is -0.660. The molecule has 0 aromatic heterocycles. The van der Waals surface area contributed by atoms with E-state index < -0.39 is 10.2 Å². The van der Waals surface area contributed by atoms with Crippen LogP contribution in [0.25, 0.3) is 0 Å². The van der Waals surface area contributed by atoms with Gasteiger partial charge in [0, 0.05) is 25.2 Å². The summed E-state index contributed by atoms with van der Waals surface area (Å²) in [6.45, 7) is 1.06. The summed E-state index contributed by atoms with van der Waals surface area (Å²) in [7, 11) is -1.99. The summed E-state index contributed by atoms with van der Waals surface area (Å²) in [5.41, 5.74) is 0.926. The predicted molar refractivity (Wildman–Crippen MR) is 69.7 cm³/mol. The number of halogens is 1. The van der Waals surface area contributed by atoms with Crippen LogP contribution in [0.3, 0.4) is 0 Å². The van der Waals surface area contributed by atoms with Gasteiger partial charge in [-0.05, 0) is 17.7 Å². The lowest BCUT2D eigenvalue weighted by Gasteiger charge is -2.31. The lowest BCUT2D eigenvalue weighted by molar-refractivity contribution is -0.00284. The van der Waals surface area contributed by atoms with Gasteiger partial charge in [-0.15, -0.1) is 0 Å². The van der Waals surface area contributed by atoms with E-state index in [0.29, 0.717) is 24.7 Å². The van der Waals surface area contributed by atoms with Crippen LogP contribution in [0.15, 0.2) is 24.3 Å². The Morgan fingerprint density at radius 3 is 2.67 bits per heavy atom. The first kappa shape index (κ1) is 13.8. The summed E-state index contributed by atoms with van der Waals surface area (Å²) < 4.78 is 32.7. The van der Waals surface area contributed by atoms with Crippen molar-refractivity contribution in [3.05, 3.63) is 34.9 Å². The first-order valence-electron chi connectivity index (χ1n) is 5.58. The summed E-state index contributed by atoms with van der Waals surface area (Å²) in [5, 5.41) is 0.647. The summed E-state index contributed by atoms with van der Waals surface area (Å²) in [4.78, 5) is 0. The van der Waals surface area contributed by atoms with Crippen LogP contribution < -0.4 is 4.72 Å². The second kappa shape index (κ2) is 5.54. The van der Waals surface area contributed by atoms with Gasteiger partial charge in [-0.3, -0.25) is 0 Å². The average molecular weight is 291 g/mol. The predicted octanol–water partition coefficient (Wildman–Crippen LogP) is 1.18. The molecular formula is C11H15ClN2O3S. The van der Waals surface area contributed by atoms with Gasteiger partial charge >= 0.3 is 0 Å². The molecule has 1 unspecified atom stereocenters. The fourth-order valence-corrected chi connectivity index (χ4v) is 2.88. The van der Waals surface area contributed by atoms with Crippen molar-refractivity contribution in [2.24, 2.45) is 0 Å². The molecule has 1 aliphatic heterocycles. The van der Waals surface area contributed by atoms with E-state index in [1.807, 2.05) is 12.1 Å². The van der Waals surface area contributed by atoms with Crippen molar-refractivity contribution in [2.75, 3.05) is 26.7 Å². The van der Waals surface area contributed by atoms with E-state index in [1.54, 1.807) is 12.1 Å². The van der Waals surface area contributed by atoms with Gasteiger partial charge in [-0.1, -0.05) is 23.7 Å². The number of rotatable bonds is 3. The lowest BCUT2D eigenvalue weighted by atomic mass is 10.1. The smallest absolute Gasteiger partial charge is 0.279 e. The van der Waals surface area contributed by atoms with Crippen molar-refractivity contribution in [1.82, 2.24) is 9.03 Å². The standard InChI is InChI=1S/C11H15ClN2O3S/c1-13-18(15,16)14-6-7-17-11(8-14)9-2-4-10(12)5-3-9/h2-5,11,13H,6-8H2,1H3. The molecule has 1 aromatic carbocycles. The third kappa shape index (κ3) is 3.02. The van der Waals surface area contributed by atoms with E-state index in [4.69, 9.17) is 16.3 Å². The molecule has 0 saturated carbocycles. The summed E-state index contributed by atoms with van der Waals surface area (Å²) in [6, 6.07) is 7.24. The van der Waals surface area contributed by atoms with Crippen LogP contribution in [0.5, 0.6) is 0 Å². The molecule has 1 atom stereocenters. The van der Waals surface area contributed by atoms with E-state index >= 15 is 0 Å². The summed E-state index contributed by atoms with van der Waals surface area (Å²) >= 11 is 5.82. The monoisotopic (exact) mass is 290 g/mol. The fraction of sp³-hybridized carbons (Fsp3) is 0.455. The fourth-order valence-electron chi connectivity index (χ4n) is 1.85. The molecule has 1 aliphatic rings. The molecule has 7 heteroatoms. The SMILES string of the molecule is CNS(=O)(=O)N1CCOC(c2ccc(Cl)cc2)C1. The molecule has 1 saturated heterocycles. The highest BCUT2D eigenvalue weighted by Crippen LogP contribution is 2.24. The Morgan fingerprint density at radius 1 is 1.39 bits per heavy atom. The van der Waals surface area contributed by atoms with Crippen LogP contribution in [0.4, 0.5) is 0 Å². The van der Waals surface area contributed by atoms with Crippen molar-refractivity contribution in [1.29, 1.82) is 0 Å². The Morgan fingerprint density at radius 2 is 2.06 bits per heavy atom. The zero-order chi connectivity index (χ0) is 13.2. The van der Waals surface area contributed by atoms with E-state index in [0.717, 1.165) is 5.56 Å². The van der Waals surface area contributed by atoms with Gasteiger partial charge < -0.3 is 4.74 Å². The molecule has 0 spiro atoms. The minimum absolute atomic E-state index is 0.251. The van der Waals surface area contributed by atoms with E-state index in [2.05, 4.69) is 4.72 Å². The topological polar surface area (TPSA) is 58.6 Å². The minimum Gasteiger partial charge on any atom is -0.371 e. The second-order valence-electron chi connectivity index (χ2n) is 3.98. The molecule has 0 aliphatic carbocycles. The molecule has 1 fully saturated rings. The number of nitrogens with zero attached hydrogens (tertiary/aromatic N) is 1. The molecule has 1 aromatic rings. The zero-order valence-corrected chi connectivity index (χ0v) is 11.5. The molecule has 1 heterocycles. The molecule has 0 bridgehead atoms. The van der Waals surface area contributed by atoms with Gasteiger partial charge in [0.25, 0.3) is 10.2 Å². The van der Waals surface area contributed by atoms with Gasteiger partial charge in [-0.2, -0.15) is 12.7 Å². The lowest BCUT2D eigenvalue weighted by Crippen LogP contribution is -2.46. The molecule has 0 amide bonds. The number of nitrogens with one attached hydrogen (secondary N) is 1. The van der Waals surface area contributed by atoms with E-state index in [-0.39, 0.29) is 6.10 Å². The highest BCUT2D eigenvalue weighted by molar-refractivity contribution is 7.87. The quantitative estimate of drug-likeness (QED) is 0.909. The van der Waals surface area contributed by atoms with Gasteiger partial charge in [0.15, 0.2) is 0 Å². The maximum atomic E-state index is 11.7. The first-order valence-corrected chi connectivity index (χ1v) is 7.40. The number of benzene rings is 1. The van der Waals surface area contributed by atoms with E-state index in [1.165, 1.54) is 11.4 Å². The van der Waals surface area contributed by atoms with Crippen molar-refractivity contribution >= 4 is 21.8 Å². The van der Waals surface area contributed by atoms with Crippen molar-refractivity contribution in [3.63, 3.8) is 0 Å². The normalized spacial score (nSPS) is 22.0. The Kier molecular flexibility index (Phi) is 4.24. The largest absolute Gasteiger partial charge is 0.371 e. The van der Waals surface area contributed by atoms with Crippen LogP contribution in [-0.2, 0) is 14.9 Å². The third-order valence-corrected chi connectivity index (χ3v) is 4.65. The molecule has 1 N–H and O–H groups in total. The van der Waals surface area contributed by atoms with Crippen molar-refractivity contribution in [2.45, 2.75) is 6.10 Å². The Bertz CT molecular complexity index is 504. The molecule has 0 radical (unpaired) electrons. The highest BCUT2D eigenvalue weighted by atomic mass is 35.5. The van der Waals surface area contributed by atoms with Crippen LogP contribution in [0, 0.1) is 0 Å². The van der Waals surface area contributed by atoms with Crippen LogP contribution >= 0.6 is 11.6 Å². The van der Waals surface area contributed by atoms with Crippen molar-refractivity contribution < 1.29 is 13.2 Å². The summed E-state index contributed by atoms with van der Waals surface area (Å²) in [6.07, 6.45) is -0.251. The molecule has 18 heavy (non-hydrogen) atoms. The minimum atomic E-state index is -3.39. The number of hydrogen-bond donors (Lipinski definition) is 1. The van der Waals surface area contributed by atoms with Crippen LogP contribution in [0.2, 0.25) is 5.02 Å². The maximum Gasteiger partial charge on any atom is 0.279 e. The molecular weight excluding hydrogens is 276 g/mol. The zero-order valence-electron chi connectivity index (χ0n) is 9.97. The maximum absolute atomic E-state index is 11.7. The van der Waals surface area contributed by atoms with Crippen molar-refractivity contribution in [3.8, 4) is 0 Å². The molecule has 2 rings (SSSR count). The summed E-state index contributed by atoms with van der Waals surface area (Å²) in [5.74, 6) is 0. The number of morpholine rings is 1. The van der Waals surface area contributed by atoms with Gasteiger partial charge in [0.05, 0.1) is 12.7 Å². The number of hydrogen-bond acceptors (Lipinski definition) is 3. The van der Waals surface area contributed by atoms with Gasteiger partial charge in [-0.25, -0.2) is 4.72 Å². The first-order chi connectivity index (χ1) is 8.53. The van der Waals surface area contributed by atoms with Gasteiger partial charge in [0.2, 0.25) is 0 Å². The van der Waals surface area contributed by atoms with Crippen LogP contribution in [0.1, 0.15) is 11.7 Å². The third-order valence-electron chi connectivity index (χ3n) is 2.87. The van der Waals surface area contributed by atoms with Crippen LogP contribution in [-0.4, -0.2) is 39.5 Å². The Labute approximate surface area is 112 Å². The second-order valence-corrected chi connectivity index (χ2v) is 6.29. The van der Waals surface area contributed by atoms with Gasteiger partial charge in [0.1, 0.15) is 0 Å². The highest BCUT2D eigenvalue weighted by Gasteiger charge is 2.29. The van der Waals surface area contributed by atoms with E-state index in [9.17, 15) is 8.42 Å².